The van der Waals surface area contributed by atoms with E-state index < -0.39 is 0 Å². The lowest BCUT2D eigenvalue weighted by Gasteiger charge is -2.10. The first kappa shape index (κ1) is 17.1. The van der Waals surface area contributed by atoms with Gasteiger partial charge in [0.15, 0.2) is 0 Å². The molecule has 19 heavy (non-hydrogen) atoms. The molecule has 0 spiro atoms. The summed E-state index contributed by atoms with van der Waals surface area (Å²) in [6, 6.07) is 0. The number of carbonyl (C=O) groups is 1. The molecule has 1 atom stereocenters. The highest BCUT2D eigenvalue weighted by Crippen LogP contribution is 2.18. The van der Waals surface area contributed by atoms with E-state index in [2.05, 4.69) is 33.2 Å². The molecular formula is C18H24O. The van der Waals surface area contributed by atoms with E-state index in [0.717, 1.165) is 23.1 Å². The van der Waals surface area contributed by atoms with Crippen molar-refractivity contribution in [3.05, 3.63) is 73.4 Å². The molecule has 0 bridgehead atoms. The molecule has 0 amide bonds. The lowest BCUT2D eigenvalue weighted by molar-refractivity contribution is -0.117. The predicted molar refractivity (Wildman–Crippen MR) is 85.0 cm³/mol. The highest BCUT2D eigenvalue weighted by atomic mass is 16.1. The molecule has 1 heteroatoms. The molecule has 0 aliphatic rings. The van der Waals surface area contributed by atoms with Crippen LogP contribution in [0.15, 0.2) is 73.4 Å². The van der Waals surface area contributed by atoms with Gasteiger partial charge in [0.1, 0.15) is 5.78 Å². The molecule has 0 aromatic rings. The molecule has 1 nitrogen and oxygen atoms in total. The Morgan fingerprint density at radius 2 is 1.68 bits per heavy atom. The van der Waals surface area contributed by atoms with Crippen molar-refractivity contribution in [3.8, 4) is 0 Å². The highest BCUT2D eigenvalue weighted by Gasteiger charge is 2.05. The van der Waals surface area contributed by atoms with Crippen LogP contribution in [0.2, 0.25) is 0 Å². The fourth-order valence-electron chi connectivity index (χ4n) is 1.38. The van der Waals surface area contributed by atoms with Crippen LogP contribution in [0.25, 0.3) is 0 Å². The van der Waals surface area contributed by atoms with Crippen LogP contribution in [-0.4, -0.2) is 5.78 Å². The average Bonchev–Trinajstić information content (AvgIpc) is 2.38. The second-order valence-corrected chi connectivity index (χ2v) is 4.70. The fourth-order valence-corrected chi connectivity index (χ4v) is 1.38. The Labute approximate surface area is 117 Å². The number of ketones is 1. The molecule has 0 heterocycles. The van der Waals surface area contributed by atoms with Crippen molar-refractivity contribution in [2.75, 3.05) is 0 Å². The first-order valence-electron chi connectivity index (χ1n) is 6.42. The van der Waals surface area contributed by atoms with Crippen molar-refractivity contribution >= 4 is 5.78 Å². The summed E-state index contributed by atoms with van der Waals surface area (Å²) < 4.78 is 0. The summed E-state index contributed by atoms with van der Waals surface area (Å²) in [7, 11) is 0. The normalized spacial score (nSPS) is 12.5. The molecule has 0 aliphatic heterocycles. The Morgan fingerprint density at radius 3 is 2.21 bits per heavy atom. The SMILES string of the molecule is C=C/C=C\C(=C)C(=C)/C=C\C(=C)C(C)CCC(C)=O. The molecule has 102 valence electrons. The van der Waals surface area contributed by atoms with E-state index in [9.17, 15) is 4.79 Å². The smallest absolute Gasteiger partial charge is 0.129 e. The lowest BCUT2D eigenvalue weighted by Crippen LogP contribution is -2.00. The van der Waals surface area contributed by atoms with Crippen LogP contribution in [0.3, 0.4) is 0 Å². The van der Waals surface area contributed by atoms with Crippen molar-refractivity contribution in [1.82, 2.24) is 0 Å². The molecule has 0 aromatic carbocycles. The van der Waals surface area contributed by atoms with E-state index >= 15 is 0 Å². The number of hydrogen-bond donors (Lipinski definition) is 0. The van der Waals surface area contributed by atoms with Gasteiger partial charge >= 0.3 is 0 Å². The highest BCUT2D eigenvalue weighted by molar-refractivity contribution is 5.75. The van der Waals surface area contributed by atoms with Crippen molar-refractivity contribution < 1.29 is 4.79 Å². The maximum atomic E-state index is 10.9. The summed E-state index contributed by atoms with van der Waals surface area (Å²) in [6.07, 6.45) is 10.7. The zero-order valence-electron chi connectivity index (χ0n) is 12.1. The maximum Gasteiger partial charge on any atom is 0.129 e. The van der Waals surface area contributed by atoms with Crippen LogP contribution < -0.4 is 0 Å². The Bertz CT molecular complexity index is 433. The molecule has 0 rings (SSSR count). The third-order valence-corrected chi connectivity index (χ3v) is 2.91. The zero-order chi connectivity index (χ0) is 14.8. The number of allylic oxidation sites excluding steroid dienone is 8. The number of hydrogen-bond acceptors (Lipinski definition) is 1. The van der Waals surface area contributed by atoms with E-state index in [4.69, 9.17) is 0 Å². The summed E-state index contributed by atoms with van der Waals surface area (Å²) in [6.45, 7) is 19.2. The third-order valence-electron chi connectivity index (χ3n) is 2.91. The van der Waals surface area contributed by atoms with Crippen molar-refractivity contribution in [3.63, 3.8) is 0 Å². The number of rotatable bonds is 9. The topological polar surface area (TPSA) is 17.1 Å². The minimum absolute atomic E-state index is 0.218. The van der Waals surface area contributed by atoms with Crippen molar-refractivity contribution in [2.24, 2.45) is 5.92 Å². The summed E-state index contributed by atoms with van der Waals surface area (Å²) in [4.78, 5) is 10.9. The average molecular weight is 256 g/mol. The van der Waals surface area contributed by atoms with Crippen LogP contribution in [-0.2, 0) is 4.79 Å². The first-order valence-corrected chi connectivity index (χ1v) is 6.42. The monoisotopic (exact) mass is 256 g/mol. The van der Waals surface area contributed by atoms with E-state index in [0.29, 0.717) is 12.3 Å². The summed E-state index contributed by atoms with van der Waals surface area (Å²) in [5.41, 5.74) is 2.70. The van der Waals surface area contributed by atoms with Gasteiger partial charge in [0.05, 0.1) is 0 Å². The largest absolute Gasteiger partial charge is 0.300 e. The zero-order valence-corrected chi connectivity index (χ0v) is 12.1. The molecule has 1 unspecified atom stereocenters. The summed E-state index contributed by atoms with van der Waals surface area (Å²) >= 11 is 0. The van der Waals surface area contributed by atoms with Crippen molar-refractivity contribution in [1.29, 1.82) is 0 Å². The fraction of sp³-hybridized carbons (Fsp3) is 0.278. The minimum atomic E-state index is 0.218. The van der Waals surface area contributed by atoms with Crippen LogP contribution in [0.4, 0.5) is 0 Å². The molecule has 0 aliphatic carbocycles. The van der Waals surface area contributed by atoms with Gasteiger partial charge in [0.2, 0.25) is 0 Å². The Balaban J connectivity index is 4.38. The predicted octanol–water partition coefficient (Wildman–Crippen LogP) is 4.96. The van der Waals surface area contributed by atoms with E-state index in [-0.39, 0.29) is 5.78 Å². The number of Topliss-reactive ketones (excluding diaryl/α,β-unsaturated/α-hetero) is 1. The Morgan fingerprint density at radius 1 is 1.11 bits per heavy atom. The van der Waals surface area contributed by atoms with E-state index in [1.807, 2.05) is 24.3 Å². The standard InChI is InChI=1S/C18H24O/c1-7-8-9-14(2)15(3)10-11-16(4)17(5)12-13-18(6)19/h7-11,17H,1-4,12-13H2,5-6H3/b9-8-,11-10-. The van der Waals surface area contributed by atoms with Gasteiger partial charge in [0, 0.05) is 6.42 Å². The second kappa shape index (κ2) is 9.09. The molecule has 0 aromatic heterocycles. The molecule has 0 radical (unpaired) electrons. The summed E-state index contributed by atoms with van der Waals surface area (Å²) in [5, 5.41) is 0. The first-order chi connectivity index (χ1) is 8.88. The van der Waals surface area contributed by atoms with Crippen LogP contribution in [0, 0.1) is 5.92 Å². The van der Waals surface area contributed by atoms with Gasteiger partial charge in [-0.2, -0.15) is 0 Å². The Hall–Kier alpha value is -1.89. The van der Waals surface area contributed by atoms with Crippen LogP contribution in [0.1, 0.15) is 26.7 Å². The van der Waals surface area contributed by atoms with Gasteiger partial charge in [0.25, 0.3) is 0 Å². The summed E-state index contributed by atoms with van der Waals surface area (Å²) in [5.74, 6) is 0.515. The van der Waals surface area contributed by atoms with Gasteiger partial charge in [-0.3, -0.25) is 0 Å². The van der Waals surface area contributed by atoms with E-state index in [1.54, 1.807) is 13.0 Å². The minimum Gasteiger partial charge on any atom is -0.300 e. The van der Waals surface area contributed by atoms with Crippen LogP contribution >= 0.6 is 0 Å². The number of carbonyl (C=O) groups excluding carboxylic acids is 1. The quantitative estimate of drug-likeness (QED) is 0.533. The van der Waals surface area contributed by atoms with Gasteiger partial charge in [-0.25, -0.2) is 0 Å². The molecule has 0 fully saturated rings. The van der Waals surface area contributed by atoms with Crippen LogP contribution in [0.5, 0.6) is 0 Å². The third kappa shape index (κ3) is 7.93. The van der Waals surface area contributed by atoms with Crippen molar-refractivity contribution in [2.45, 2.75) is 26.7 Å². The maximum absolute atomic E-state index is 10.9. The Kier molecular flexibility index (Phi) is 8.19. The van der Waals surface area contributed by atoms with Gasteiger partial charge < -0.3 is 4.79 Å². The lowest BCUT2D eigenvalue weighted by atomic mass is 9.95. The molecule has 0 saturated heterocycles. The van der Waals surface area contributed by atoms with Gasteiger partial charge in [-0.05, 0) is 30.4 Å². The van der Waals surface area contributed by atoms with Gasteiger partial charge in [-0.15, -0.1) is 0 Å². The van der Waals surface area contributed by atoms with Gasteiger partial charge in [-0.1, -0.05) is 69.2 Å². The second-order valence-electron chi connectivity index (χ2n) is 4.70. The molecular weight excluding hydrogens is 232 g/mol. The molecule has 0 saturated carbocycles. The molecule has 0 N–H and O–H groups in total. The van der Waals surface area contributed by atoms with E-state index in [1.165, 1.54) is 0 Å².